The average molecular weight is 450 g/mol. The van der Waals surface area contributed by atoms with Crippen molar-refractivity contribution in [1.82, 2.24) is 15.2 Å². The Morgan fingerprint density at radius 3 is 2.77 bits per heavy atom. The molecule has 10 nitrogen and oxygen atoms in total. The second-order valence-electron chi connectivity index (χ2n) is 6.48. The van der Waals surface area contributed by atoms with Crippen molar-refractivity contribution in [3.63, 3.8) is 0 Å². The highest BCUT2D eigenvalue weighted by atomic mass is 32.2. The largest absolute Gasteiger partial charge is 0.387 e. The summed E-state index contributed by atoms with van der Waals surface area (Å²) in [5.74, 6) is -1.14. The first-order valence-corrected chi connectivity index (χ1v) is 10.7. The Labute approximate surface area is 180 Å². The van der Waals surface area contributed by atoms with Gasteiger partial charge in [-0.1, -0.05) is 17.8 Å². The van der Waals surface area contributed by atoms with Crippen LogP contribution in [0.25, 0.3) is 0 Å². The Morgan fingerprint density at radius 1 is 1.47 bits per heavy atom. The van der Waals surface area contributed by atoms with E-state index in [1.54, 1.807) is 6.08 Å². The molecule has 2 aliphatic rings. The minimum atomic E-state index is -0.850. The van der Waals surface area contributed by atoms with Gasteiger partial charge in [0.05, 0.1) is 5.70 Å². The number of thioether (sulfide) groups is 1. The number of fused-ring (bicyclic) bond motifs is 1. The van der Waals surface area contributed by atoms with E-state index in [1.165, 1.54) is 35.9 Å². The molecule has 30 heavy (non-hydrogen) atoms. The lowest BCUT2D eigenvalue weighted by Crippen LogP contribution is -2.70. The Morgan fingerprint density at radius 2 is 2.20 bits per heavy atom. The van der Waals surface area contributed by atoms with E-state index in [-0.39, 0.29) is 34.7 Å². The molecule has 3 rings (SSSR count). The number of thiazole rings is 1. The van der Waals surface area contributed by atoms with E-state index in [0.717, 1.165) is 11.3 Å². The zero-order valence-electron chi connectivity index (χ0n) is 16.2. The van der Waals surface area contributed by atoms with Gasteiger partial charge < -0.3 is 15.9 Å². The van der Waals surface area contributed by atoms with E-state index in [2.05, 4.69) is 22.0 Å². The minimum absolute atomic E-state index is 0.164. The number of carbonyl (C=O) groups excluding carboxylic acids is 4. The van der Waals surface area contributed by atoms with Crippen LogP contribution >= 0.6 is 23.1 Å². The molecule has 0 saturated carbocycles. The summed E-state index contributed by atoms with van der Waals surface area (Å²) in [6.07, 6.45) is 1.56. The molecule has 1 aromatic heterocycles. The normalized spacial score (nSPS) is 20.9. The quantitative estimate of drug-likeness (QED) is 0.331. The monoisotopic (exact) mass is 449 g/mol. The van der Waals surface area contributed by atoms with Gasteiger partial charge in [-0.2, -0.15) is 0 Å². The first-order valence-electron chi connectivity index (χ1n) is 8.77. The van der Waals surface area contributed by atoms with Gasteiger partial charge in [0, 0.05) is 18.1 Å². The lowest BCUT2D eigenvalue weighted by atomic mass is 10.0. The number of allylic oxidation sites excluding steroid dienone is 2. The number of oxime groups is 1. The highest BCUT2D eigenvalue weighted by Crippen LogP contribution is 2.40. The van der Waals surface area contributed by atoms with Crippen LogP contribution in [0, 0.1) is 0 Å². The smallest absolute Gasteiger partial charge is 0.276 e. The zero-order chi connectivity index (χ0) is 22.0. The van der Waals surface area contributed by atoms with Crippen LogP contribution in [0.2, 0.25) is 0 Å². The van der Waals surface area contributed by atoms with Crippen LogP contribution in [0.5, 0.6) is 0 Å². The maximum absolute atomic E-state index is 12.8. The number of aromatic nitrogens is 1. The van der Waals surface area contributed by atoms with E-state index in [9.17, 15) is 19.2 Å². The molecule has 0 spiro atoms. The number of Topliss-reactive ketones (excluding diaryl/α,β-unsaturated/α-hetero) is 2. The highest BCUT2D eigenvalue weighted by Gasteiger charge is 2.53. The number of nitrogens with zero attached hydrogens (tertiary/aromatic N) is 3. The Balaban J connectivity index is 1.79. The summed E-state index contributed by atoms with van der Waals surface area (Å²) in [7, 11) is 0. The topological polar surface area (TPSA) is 144 Å². The maximum atomic E-state index is 12.8. The first-order chi connectivity index (χ1) is 14.2. The number of carbonyl (C=O) groups is 4. The van der Waals surface area contributed by atoms with Gasteiger partial charge in [-0.15, -0.1) is 23.1 Å². The lowest BCUT2D eigenvalue weighted by molar-refractivity contribution is -0.146. The number of anilines is 1. The van der Waals surface area contributed by atoms with Gasteiger partial charge in [-0.25, -0.2) is 4.98 Å². The van der Waals surface area contributed by atoms with Crippen molar-refractivity contribution in [3.05, 3.63) is 35.0 Å². The fourth-order valence-corrected chi connectivity index (χ4v) is 4.84. The van der Waals surface area contributed by atoms with Crippen molar-refractivity contribution < 1.29 is 24.0 Å². The van der Waals surface area contributed by atoms with E-state index in [1.807, 2.05) is 0 Å². The molecule has 3 N–H and O–H groups in total. The van der Waals surface area contributed by atoms with E-state index >= 15 is 0 Å². The van der Waals surface area contributed by atoms with Crippen molar-refractivity contribution in [2.45, 2.75) is 25.3 Å². The van der Waals surface area contributed by atoms with Crippen LogP contribution in [0.3, 0.4) is 0 Å². The standard InChI is InChI=1S/C18H19N5O5S2/c1-4-10-6-29-17-13(16(27)23(17)14(10)9(3)25)21-15(26)12(22-28-5-8(2)24)11-7-30-18(19)20-11/h4,7,13,17H,1,5-6H2,2-3H3,(H2,19,20)(H,21,26)/b22-12-. The van der Waals surface area contributed by atoms with E-state index < -0.39 is 23.2 Å². The number of hydrogen-bond acceptors (Lipinski definition) is 10. The molecule has 0 radical (unpaired) electrons. The molecule has 2 amide bonds. The van der Waals surface area contributed by atoms with Crippen LogP contribution in [-0.4, -0.2) is 62.8 Å². The van der Waals surface area contributed by atoms with Gasteiger partial charge in [0.15, 0.2) is 29.0 Å². The summed E-state index contributed by atoms with van der Waals surface area (Å²) >= 11 is 2.52. The third kappa shape index (κ3) is 4.14. The first kappa shape index (κ1) is 21.7. The molecular formula is C18H19N5O5S2. The summed E-state index contributed by atoms with van der Waals surface area (Å²) in [5, 5.41) is 7.65. The Hall–Kier alpha value is -2.99. The summed E-state index contributed by atoms with van der Waals surface area (Å²) < 4.78 is 0. The number of nitrogens with two attached hydrogens (primary N) is 1. The second kappa shape index (κ2) is 8.79. The number of rotatable bonds is 8. The predicted octanol–water partition coefficient (Wildman–Crippen LogP) is 0.464. The van der Waals surface area contributed by atoms with Crippen LogP contribution in [-0.2, 0) is 24.0 Å². The average Bonchev–Trinajstić information content (AvgIpc) is 3.13. The molecule has 3 heterocycles. The molecule has 12 heteroatoms. The molecule has 1 saturated heterocycles. The second-order valence-corrected chi connectivity index (χ2v) is 8.48. The molecule has 1 aromatic rings. The molecule has 2 aliphatic heterocycles. The zero-order valence-corrected chi connectivity index (χ0v) is 17.8. The van der Waals surface area contributed by atoms with Gasteiger partial charge in [-0.3, -0.25) is 24.1 Å². The molecule has 2 unspecified atom stereocenters. The Bertz CT molecular complexity index is 999. The van der Waals surface area contributed by atoms with Crippen LogP contribution in [0.1, 0.15) is 19.5 Å². The van der Waals surface area contributed by atoms with Crippen molar-refractivity contribution in [3.8, 4) is 0 Å². The maximum Gasteiger partial charge on any atom is 0.276 e. The van der Waals surface area contributed by atoms with Crippen LogP contribution < -0.4 is 11.1 Å². The summed E-state index contributed by atoms with van der Waals surface area (Å²) in [5.41, 5.74) is 6.57. The SMILES string of the molecule is C=CC1=C(C(C)=O)N2C(=O)C(NC(=O)/C(=N\OCC(C)=O)c3csc(N)n3)C2SC1. The van der Waals surface area contributed by atoms with Gasteiger partial charge in [0.25, 0.3) is 11.8 Å². The predicted molar refractivity (Wildman–Crippen MR) is 113 cm³/mol. The molecule has 0 bridgehead atoms. The number of nitrogens with one attached hydrogen (secondary N) is 1. The lowest BCUT2D eigenvalue weighted by Gasteiger charge is -2.49. The van der Waals surface area contributed by atoms with Crippen molar-refractivity contribution in [1.29, 1.82) is 0 Å². The van der Waals surface area contributed by atoms with E-state index in [0.29, 0.717) is 17.0 Å². The van der Waals surface area contributed by atoms with E-state index in [4.69, 9.17) is 10.6 Å². The van der Waals surface area contributed by atoms with Crippen molar-refractivity contribution in [2.75, 3.05) is 18.1 Å². The Kier molecular flexibility index (Phi) is 6.37. The minimum Gasteiger partial charge on any atom is -0.387 e. The van der Waals surface area contributed by atoms with Gasteiger partial charge in [0.2, 0.25) is 0 Å². The van der Waals surface area contributed by atoms with Gasteiger partial charge >= 0.3 is 0 Å². The number of amides is 2. The molecule has 1 fully saturated rings. The fraction of sp³-hybridized carbons (Fsp3) is 0.333. The van der Waals surface area contributed by atoms with Crippen LogP contribution in [0.15, 0.2) is 34.5 Å². The van der Waals surface area contributed by atoms with Crippen molar-refractivity contribution in [2.24, 2.45) is 5.16 Å². The molecular weight excluding hydrogens is 430 g/mol. The number of ketones is 2. The fourth-order valence-electron chi connectivity index (χ4n) is 2.95. The molecule has 0 aliphatic carbocycles. The third-order valence-electron chi connectivity index (χ3n) is 4.27. The van der Waals surface area contributed by atoms with Crippen LogP contribution in [0.4, 0.5) is 5.13 Å². The summed E-state index contributed by atoms with van der Waals surface area (Å²) in [6.45, 7) is 6.07. The van der Waals surface area contributed by atoms with Crippen molar-refractivity contribution >= 4 is 57.3 Å². The number of β-lactam (4-membered cyclic amide) rings is 1. The summed E-state index contributed by atoms with van der Waals surface area (Å²) in [6, 6.07) is -0.850. The number of nitrogen functional groups attached to an aromatic ring is 1. The highest BCUT2D eigenvalue weighted by molar-refractivity contribution is 8.00. The summed E-state index contributed by atoms with van der Waals surface area (Å²) in [4.78, 5) is 59.0. The molecule has 2 atom stereocenters. The molecule has 0 aromatic carbocycles. The third-order valence-corrected chi connectivity index (χ3v) is 6.24. The molecule has 158 valence electrons. The number of hydrogen-bond donors (Lipinski definition) is 2. The van der Waals surface area contributed by atoms with Gasteiger partial charge in [-0.05, 0) is 12.5 Å². The van der Waals surface area contributed by atoms with Gasteiger partial charge in [0.1, 0.15) is 17.1 Å².